The summed E-state index contributed by atoms with van der Waals surface area (Å²) in [6, 6.07) is 0. The largest absolute Gasteiger partial charge is 0.392 e. The van der Waals surface area contributed by atoms with Gasteiger partial charge in [0.15, 0.2) is 0 Å². The van der Waals surface area contributed by atoms with Crippen molar-refractivity contribution in [1.29, 1.82) is 0 Å². The van der Waals surface area contributed by atoms with Crippen LogP contribution >= 0.6 is 0 Å². The maximum absolute atomic E-state index is 9.63. The third kappa shape index (κ3) is 3.63. The van der Waals surface area contributed by atoms with E-state index >= 15 is 0 Å². The van der Waals surface area contributed by atoms with Crippen molar-refractivity contribution in [2.45, 2.75) is 32.5 Å². The molecule has 1 atom stereocenters. The number of aliphatic hydroxyl groups is 1. The van der Waals surface area contributed by atoms with E-state index in [1.165, 1.54) is 0 Å². The molecule has 0 aliphatic carbocycles. The summed E-state index contributed by atoms with van der Waals surface area (Å²) in [5.74, 6) is 0.578. The summed E-state index contributed by atoms with van der Waals surface area (Å²) in [7, 11) is 1.74. The van der Waals surface area contributed by atoms with E-state index in [1.54, 1.807) is 7.11 Å². The monoisotopic (exact) mass is 187 g/mol. The van der Waals surface area contributed by atoms with Gasteiger partial charge in [-0.3, -0.25) is 4.90 Å². The zero-order chi connectivity index (χ0) is 9.84. The van der Waals surface area contributed by atoms with E-state index in [0.29, 0.717) is 12.0 Å². The lowest BCUT2D eigenvalue weighted by Crippen LogP contribution is -2.54. The lowest BCUT2D eigenvalue weighted by molar-refractivity contribution is -0.0482. The van der Waals surface area contributed by atoms with E-state index in [9.17, 15) is 5.11 Å². The zero-order valence-electron chi connectivity index (χ0n) is 8.86. The van der Waals surface area contributed by atoms with Crippen LogP contribution in [0, 0.1) is 5.92 Å². The molecule has 1 unspecified atom stereocenters. The first-order chi connectivity index (χ1) is 6.11. The zero-order valence-corrected chi connectivity index (χ0v) is 8.86. The van der Waals surface area contributed by atoms with Crippen LogP contribution in [-0.4, -0.2) is 49.0 Å². The topological polar surface area (TPSA) is 32.7 Å². The van der Waals surface area contributed by atoms with Crippen molar-refractivity contribution in [3.63, 3.8) is 0 Å². The summed E-state index contributed by atoms with van der Waals surface area (Å²) < 4.78 is 5.16. The van der Waals surface area contributed by atoms with E-state index in [1.807, 2.05) is 0 Å². The van der Waals surface area contributed by atoms with Gasteiger partial charge in [0.25, 0.3) is 0 Å². The molecule has 0 saturated carbocycles. The quantitative estimate of drug-likeness (QED) is 0.688. The maximum atomic E-state index is 9.63. The minimum Gasteiger partial charge on any atom is -0.392 e. The fraction of sp³-hybridized carbons (Fsp3) is 1.00. The molecule has 1 aliphatic heterocycles. The van der Waals surface area contributed by atoms with E-state index in [-0.39, 0.29) is 6.10 Å². The van der Waals surface area contributed by atoms with Crippen LogP contribution in [0.15, 0.2) is 0 Å². The average Bonchev–Trinajstić information content (AvgIpc) is 1.94. The van der Waals surface area contributed by atoms with Crippen LogP contribution in [0.3, 0.4) is 0 Å². The Morgan fingerprint density at radius 1 is 1.46 bits per heavy atom. The molecule has 3 heteroatoms. The first-order valence-electron chi connectivity index (χ1n) is 5.05. The molecule has 0 aromatic rings. The fourth-order valence-electron chi connectivity index (χ4n) is 1.74. The SMILES string of the molecule is COC1CN(CC(O)CC(C)C)C1. The molecule has 0 spiro atoms. The van der Waals surface area contributed by atoms with Crippen molar-refractivity contribution in [2.75, 3.05) is 26.7 Å². The van der Waals surface area contributed by atoms with Crippen LogP contribution in [0.5, 0.6) is 0 Å². The van der Waals surface area contributed by atoms with Crippen molar-refractivity contribution in [3.05, 3.63) is 0 Å². The van der Waals surface area contributed by atoms with Gasteiger partial charge >= 0.3 is 0 Å². The molecule has 1 rings (SSSR count). The third-order valence-corrected chi connectivity index (χ3v) is 2.47. The Balaban J connectivity index is 2.06. The van der Waals surface area contributed by atoms with Gasteiger partial charge in [0.2, 0.25) is 0 Å². The summed E-state index contributed by atoms with van der Waals surface area (Å²) in [4.78, 5) is 2.24. The summed E-state index contributed by atoms with van der Waals surface area (Å²) >= 11 is 0. The van der Waals surface area contributed by atoms with Crippen LogP contribution in [-0.2, 0) is 4.74 Å². The number of rotatable bonds is 5. The molecular formula is C10H21NO2. The van der Waals surface area contributed by atoms with Crippen molar-refractivity contribution in [1.82, 2.24) is 4.90 Å². The molecule has 1 saturated heterocycles. The molecule has 3 nitrogen and oxygen atoms in total. The van der Waals surface area contributed by atoms with E-state index in [4.69, 9.17) is 4.74 Å². The molecule has 0 amide bonds. The molecule has 0 radical (unpaired) electrons. The molecule has 1 N–H and O–H groups in total. The van der Waals surface area contributed by atoms with Gasteiger partial charge in [-0.05, 0) is 12.3 Å². The van der Waals surface area contributed by atoms with Gasteiger partial charge in [0.1, 0.15) is 0 Å². The van der Waals surface area contributed by atoms with Crippen LogP contribution in [0.1, 0.15) is 20.3 Å². The molecule has 1 heterocycles. The number of hydrogen-bond acceptors (Lipinski definition) is 3. The van der Waals surface area contributed by atoms with Gasteiger partial charge in [-0.25, -0.2) is 0 Å². The standard InChI is InChI=1S/C10H21NO2/c1-8(2)4-9(12)5-11-6-10(7-11)13-3/h8-10,12H,4-7H2,1-3H3. The lowest BCUT2D eigenvalue weighted by atomic mass is 10.0. The fourth-order valence-corrected chi connectivity index (χ4v) is 1.74. The van der Waals surface area contributed by atoms with E-state index in [2.05, 4.69) is 18.7 Å². The highest BCUT2D eigenvalue weighted by Gasteiger charge is 2.27. The number of aliphatic hydroxyl groups excluding tert-OH is 1. The molecule has 13 heavy (non-hydrogen) atoms. The van der Waals surface area contributed by atoms with Gasteiger partial charge in [0.05, 0.1) is 12.2 Å². The first-order valence-corrected chi connectivity index (χ1v) is 5.05. The van der Waals surface area contributed by atoms with Crippen molar-refractivity contribution >= 4 is 0 Å². The van der Waals surface area contributed by atoms with E-state index < -0.39 is 0 Å². The normalized spacial score (nSPS) is 21.9. The summed E-state index contributed by atoms with van der Waals surface area (Å²) in [5.41, 5.74) is 0. The minimum atomic E-state index is -0.169. The maximum Gasteiger partial charge on any atom is 0.0824 e. The molecule has 0 bridgehead atoms. The second-order valence-electron chi connectivity index (χ2n) is 4.36. The van der Waals surface area contributed by atoms with Crippen molar-refractivity contribution in [3.8, 4) is 0 Å². The number of β-amino-alcohol motifs (C(OH)–C–C–N with tert-alkyl or cyclic N) is 1. The number of nitrogens with zero attached hydrogens (tertiary/aromatic N) is 1. The summed E-state index contributed by atoms with van der Waals surface area (Å²) in [5, 5.41) is 9.63. The highest BCUT2D eigenvalue weighted by atomic mass is 16.5. The van der Waals surface area contributed by atoms with Crippen molar-refractivity contribution in [2.24, 2.45) is 5.92 Å². The smallest absolute Gasteiger partial charge is 0.0824 e. The van der Waals surface area contributed by atoms with Crippen LogP contribution in [0.2, 0.25) is 0 Å². The highest BCUT2D eigenvalue weighted by Crippen LogP contribution is 2.13. The molecule has 78 valence electrons. The Kier molecular flexibility index (Phi) is 4.16. The van der Waals surface area contributed by atoms with Gasteiger partial charge in [-0.1, -0.05) is 13.8 Å². The number of hydrogen-bond donors (Lipinski definition) is 1. The summed E-state index contributed by atoms with van der Waals surface area (Å²) in [6.45, 7) is 7.03. The Morgan fingerprint density at radius 2 is 2.08 bits per heavy atom. The van der Waals surface area contributed by atoms with Gasteiger partial charge in [0, 0.05) is 26.7 Å². The van der Waals surface area contributed by atoms with Gasteiger partial charge < -0.3 is 9.84 Å². The molecule has 1 fully saturated rings. The van der Waals surface area contributed by atoms with Crippen molar-refractivity contribution < 1.29 is 9.84 Å². The first kappa shape index (κ1) is 11.0. The average molecular weight is 187 g/mol. The van der Waals surface area contributed by atoms with Crippen LogP contribution in [0.25, 0.3) is 0 Å². The van der Waals surface area contributed by atoms with Crippen LogP contribution in [0.4, 0.5) is 0 Å². The minimum absolute atomic E-state index is 0.169. The summed E-state index contributed by atoms with van der Waals surface area (Å²) in [6.07, 6.45) is 1.12. The number of ether oxygens (including phenoxy) is 1. The van der Waals surface area contributed by atoms with Gasteiger partial charge in [-0.15, -0.1) is 0 Å². The lowest BCUT2D eigenvalue weighted by Gasteiger charge is -2.39. The highest BCUT2D eigenvalue weighted by molar-refractivity contribution is 4.81. The predicted molar refractivity (Wildman–Crippen MR) is 52.7 cm³/mol. The van der Waals surface area contributed by atoms with Gasteiger partial charge in [-0.2, -0.15) is 0 Å². The number of likely N-dealkylation sites (tertiary alicyclic amines) is 1. The molecular weight excluding hydrogens is 166 g/mol. The van der Waals surface area contributed by atoms with E-state index in [0.717, 1.165) is 26.1 Å². The molecule has 1 aliphatic rings. The Hall–Kier alpha value is -0.120. The second kappa shape index (κ2) is 4.94. The molecule has 0 aromatic carbocycles. The second-order valence-corrected chi connectivity index (χ2v) is 4.36. The Morgan fingerprint density at radius 3 is 2.54 bits per heavy atom. The molecule has 0 aromatic heterocycles. The Labute approximate surface area is 80.7 Å². The van der Waals surface area contributed by atoms with Crippen LogP contribution < -0.4 is 0 Å². The third-order valence-electron chi connectivity index (χ3n) is 2.47. The number of methoxy groups -OCH3 is 1. The predicted octanol–water partition coefficient (Wildman–Crippen LogP) is 0.724. The Bertz CT molecular complexity index is 144.